The summed E-state index contributed by atoms with van der Waals surface area (Å²) in [5.74, 6) is -3.93. The summed E-state index contributed by atoms with van der Waals surface area (Å²) in [6.45, 7) is 1.60. The fraction of sp³-hybridized carbons (Fsp3) is 0.194. The van der Waals surface area contributed by atoms with Gasteiger partial charge in [-0.2, -0.15) is 0 Å². The van der Waals surface area contributed by atoms with Crippen LogP contribution in [-0.2, 0) is 25.7 Å². The number of thiazole rings is 1. The Labute approximate surface area is 263 Å². The fourth-order valence-corrected chi connectivity index (χ4v) is 8.28. The molecule has 1 N–H and O–H groups in total. The van der Waals surface area contributed by atoms with Crippen LogP contribution in [0.4, 0.5) is 15.8 Å². The molecule has 3 aromatic carbocycles. The molecule has 6 rings (SSSR count). The van der Waals surface area contributed by atoms with Crippen LogP contribution in [0.1, 0.15) is 33.6 Å². The highest BCUT2D eigenvalue weighted by Gasteiger charge is 2.56. The van der Waals surface area contributed by atoms with Crippen molar-refractivity contribution in [1.29, 1.82) is 0 Å². The maximum atomic E-state index is 13.9. The lowest BCUT2D eigenvalue weighted by Crippen LogP contribution is -2.33. The van der Waals surface area contributed by atoms with E-state index >= 15 is 0 Å². The maximum absolute atomic E-state index is 13.9. The van der Waals surface area contributed by atoms with E-state index in [9.17, 15) is 28.4 Å². The number of carbonyl (C=O) groups is 4. The molecule has 3 amide bonds. The quantitative estimate of drug-likeness (QED) is 0.213. The van der Waals surface area contributed by atoms with Crippen LogP contribution >= 0.6 is 34.7 Å². The van der Waals surface area contributed by atoms with Crippen molar-refractivity contribution in [3.63, 3.8) is 0 Å². The smallest absolute Gasteiger partial charge is 0.338 e. The molecule has 2 aliphatic heterocycles. The summed E-state index contributed by atoms with van der Waals surface area (Å²) in [5, 5.41) is 2.75. The summed E-state index contributed by atoms with van der Waals surface area (Å²) in [5.41, 5.74) is 1.68. The Morgan fingerprint density at radius 2 is 1.64 bits per heavy atom. The minimum absolute atomic E-state index is 0.236. The zero-order valence-electron chi connectivity index (χ0n) is 23.0. The van der Waals surface area contributed by atoms with Gasteiger partial charge >= 0.3 is 10.8 Å². The van der Waals surface area contributed by atoms with Gasteiger partial charge in [0.1, 0.15) is 17.6 Å². The number of esters is 1. The van der Waals surface area contributed by atoms with E-state index in [1.807, 2.05) is 0 Å². The summed E-state index contributed by atoms with van der Waals surface area (Å²) in [6, 6.07) is 18.1. The molecule has 1 saturated heterocycles. The molecule has 2 aliphatic rings. The van der Waals surface area contributed by atoms with Crippen LogP contribution in [0.3, 0.4) is 0 Å². The number of nitrogens with one attached hydrogen (secondary N) is 1. The van der Waals surface area contributed by atoms with Crippen LogP contribution in [0.25, 0.3) is 0 Å². The number of hydrogen-bond donors (Lipinski definition) is 1. The first-order valence-electron chi connectivity index (χ1n) is 13.5. The number of halogens is 2. The van der Waals surface area contributed by atoms with Gasteiger partial charge in [0.25, 0.3) is 0 Å². The molecule has 3 heterocycles. The van der Waals surface area contributed by atoms with Crippen molar-refractivity contribution in [2.45, 2.75) is 29.7 Å². The first kappa shape index (κ1) is 29.8. The molecule has 224 valence electrons. The van der Waals surface area contributed by atoms with Crippen molar-refractivity contribution in [1.82, 2.24) is 4.57 Å². The number of benzene rings is 3. The van der Waals surface area contributed by atoms with Crippen LogP contribution in [0.5, 0.6) is 0 Å². The summed E-state index contributed by atoms with van der Waals surface area (Å²) in [4.78, 5) is 67.2. The van der Waals surface area contributed by atoms with Crippen molar-refractivity contribution in [2.24, 2.45) is 5.92 Å². The second-order valence-electron chi connectivity index (χ2n) is 10.1. The van der Waals surface area contributed by atoms with Crippen molar-refractivity contribution >= 4 is 69.8 Å². The lowest BCUT2D eigenvalue weighted by Gasteiger charge is -2.30. The number of nitrogens with zero attached hydrogens (tertiary/aromatic N) is 2. The largest absolute Gasteiger partial charge is 0.462 e. The Hall–Kier alpha value is -4.26. The topological polar surface area (TPSA) is 115 Å². The number of hydrogen-bond acceptors (Lipinski definition) is 8. The SMILES string of the molecule is CCOC(=O)c1ccc(NC(=O)Cn2c3c(sc2=O)C(c2ccc(Cl)cc2)C2C(=O)N(c4ccc(F)cc4)C(=O)C2S3)cc1. The molecule has 9 nitrogen and oxygen atoms in total. The molecule has 0 radical (unpaired) electrons. The Balaban J connectivity index is 1.33. The van der Waals surface area contributed by atoms with E-state index in [2.05, 4.69) is 5.32 Å². The molecule has 3 unspecified atom stereocenters. The minimum atomic E-state index is -0.889. The third-order valence-electron chi connectivity index (χ3n) is 7.34. The van der Waals surface area contributed by atoms with E-state index in [-0.39, 0.29) is 18.8 Å². The fourth-order valence-electron chi connectivity index (χ4n) is 5.38. The number of rotatable bonds is 7. The van der Waals surface area contributed by atoms with Crippen LogP contribution in [0.15, 0.2) is 82.6 Å². The molecule has 1 fully saturated rings. The predicted molar refractivity (Wildman–Crippen MR) is 165 cm³/mol. The molecule has 1 aromatic heterocycles. The van der Waals surface area contributed by atoms with Gasteiger partial charge in [-0.1, -0.05) is 46.8 Å². The summed E-state index contributed by atoms with van der Waals surface area (Å²) < 4.78 is 19.9. The van der Waals surface area contributed by atoms with Crippen molar-refractivity contribution < 1.29 is 28.3 Å². The predicted octanol–water partition coefficient (Wildman–Crippen LogP) is 5.31. The van der Waals surface area contributed by atoms with Gasteiger partial charge in [0.2, 0.25) is 17.7 Å². The van der Waals surface area contributed by atoms with Gasteiger partial charge in [0.15, 0.2) is 0 Å². The average molecular weight is 652 g/mol. The molecular weight excluding hydrogens is 629 g/mol. The molecule has 3 atom stereocenters. The summed E-state index contributed by atoms with van der Waals surface area (Å²) in [6.07, 6.45) is 0. The van der Waals surface area contributed by atoms with E-state index in [4.69, 9.17) is 16.3 Å². The number of imide groups is 1. The Morgan fingerprint density at radius 3 is 2.30 bits per heavy atom. The molecule has 13 heteroatoms. The zero-order chi connectivity index (χ0) is 31.1. The standard InChI is InChI=1S/C31H23ClFN3O6S2/c1-2-42-30(40)17-5-11-20(12-6-17)34-22(37)15-35-29-26(44-31(35)41)23(16-3-7-18(32)8-4-16)24-25(43-29)28(39)36(27(24)38)21-13-9-19(33)10-14-21/h3-14,23-25H,2,15H2,1H3,(H,34,37). The van der Waals surface area contributed by atoms with E-state index < -0.39 is 51.5 Å². The molecular formula is C31H23ClFN3O6S2. The second-order valence-corrected chi connectivity index (χ2v) is 12.6. The van der Waals surface area contributed by atoms with Gasteiger partial charge in [-0.25, -0.2) is 14.1 Å². The molecule has 0 saturated carbocycles. The van der Waals surface area contributed by atoms with Gasteiger partial charge in [0.05, 0.1) is 28.8 Å². The van der Waals surface area contributed by atoms with E-state index in [0.717, 1.165) is 28.0 Å². The first-order valence-corrected chi connectivity index (χ1v) is 15.6. The van der Waals surface area contributed by atoms with Crippen LogP contribution < -0.4 is 15.1 Å². The summed E-state index contributed by atoms with van der Waals surface area (Å²) in [7, 11) is 0. The van der Waals surface area contributed by atoms with Crippen molar-refractivity contribution in [2.75, 3.05) is 16.8 Å². The van der Waals surface area contributed by atoms with Crippen molar-refractivity contribution in [3.8, 4) is 0 Å². The Morgan fingerprint density at radius 1 is 0.955 bits per heavy atom. The molecule has 44 heavy (non-hydrogen) atoms. The van der Waals surface area contributed by atoms with Gasteiger partial charge in [0, 0.05) is 21.5 Å². The third kappa shape index (κ3) is 5.44. The van der Waals surface area contributed by atoms with E-state index in [0.29, 0.717) is 31.7 Å². The first-order chi connectivity index (χ1) is 21.2. The van der Waals surface area contributed by atoms with Crippen LogP contribution in [0.2, 0.25) is 5.02 Å². The number of ether oxygens (including phenoxy) is 1. The maximum Gasteiger partial charge on any atom is 0.338 e. The molecule has 0 aliphatic carbocycles. The molecule has 0 spiro atoms. The Bertz CT molecular complexity index is 1840. The van der Waals surface area contributed by atoms with E-state index in [1.165, 1.54) is 41.0 Å². The normalized spacial score (nSPS) is 19.0. The zero-order valence-corrected chi connectivity index (χ0v) is 25.4. The van der Waals surface area contributed by atoms with Crippen LogP contribution in [-0.4, -0.2) is 40.1 Å². The number of amides is 3. The molecule has 4 aromatic rings. The lowest BCUT2D eigenvalue weighted by molar-refractivity contribution is -0.122. The highest BCUT2D eigenvalue weighted by atomic mass is 35.5. The van der Waals surface area contributed by atoms with Gasteiger partial charge in [-0.05, 0) is 73.2 Å². The second kappa shape index (κ2) is 12.0. The number of aromatic nitrogens is 1. The monoisotopic (exact) mass is 651 g/mol. The lowest BCUT2D eigenvalue weighted by atomic mass is 9.83. The van der Waals surface area contributed by atoms with Gasteiger partial charge in [-0.3, -0.25) is 23.7 Å². The van der Waals surface area contributed by atoms with Crippen LogP contribution in [0, 0.1) is 11.7 Å². The Kier molecular flexibility index (Phi) is 8.14. The number of anilines is 2. The van der Waals surface area contributed by atoms with Crippen molar-refractivity contribution in [3.05, 3.63) is 109 Å². The summed E-state index contributed by atoms with van der Waals surface area (Å²) >= 11 is 8.14. The number of thioether (sulfide) groups is 1. The molecule has 0 bridgehead atoms. The van der Waals surface area contributed by atoms with Gasteiger partial charge in [-0.15, -0.1) is 0 Å². The number of carbonyl (C=O) groups excluding carboxylic acids is 4. The average Bonchev–Trinajstić information content (AvgIpc) is 3.45. The number of fused-ring (bicyclic) bond motifs is 2. The highest BCUT2D eigenvalue weighted by Crippen LogP contribution is 2.54. The highest BCUT2D eigenvalue weighted by molar-refractivity contribution is 8.00. The minimum Gasteiger partial charge on any atom is -0.462 e. The third-order valence-corrected chi connectivity index (χ3v) is 10.2. The van der Waals surface area contributed by atoms with E-state index in [1.54, 1.807) is 43.3 Å². The van der Waals surface area contributed by atoms with Gasteiger partial charge < -0.3 is 10.1 Å².